The van der Waals surface area contributed by atoms with Crippen molar-refractivity contribution in [3.8, 4) is 0 Å². The van der Waals surface area contributed by atoms with E-state index in [1.54, 1.807) is 6.20 Å². The molecule has 2 amide bonds. The Morgan fingerprint density at radius 3 is 2.61 bits per heavy atom. The quantitative estimate of drug-likeness (QED) is 0.763. The van der Waals surface area contributed by atoms with Gasteiger partial charge in [-0.3, -0.25) is 9.59 Å². The first kappa shape index (κ1) is 19.8. The standard InChI is InChI=1S/C21H26N4O3/c1-16(26)24-19(17-6-3-2-4-7-17)14-20(27)23-15-18-8-5-9-22-21(18)25-10-12-28-13-11-25/h2-9,19H,10-15H2,1H3,(H,23,27)(H,24,26). The van der Waals surface area contributed by atoms with Gasteiger partial charge in [-0.15, -0.1) is 0 Å². The molecule has 2 aromatic rings. The first-order valence-corrected chi connectivity index (χ1v) is 9.49. The Labute approximate surface area is 165 Å². The highest BCUT2D eigenvalue weighted by atomic mass is 16.5. The van der Waals surface area contributed by atoms with E-state index in [-0.39, 0.29) is 24.3 Å². The lowest BCUT2D eigenvalue weighted by Crippen LogP contribution is -2.38. The summed E-state index contributed by atoms with van der Waals surface area (Å²) in [7, 11) is 0. The number of carbonyl (C=O) groups excluding carboxylic acids is 2. The number of pyridine rings is 1. The molecule has 1 aliphatic rings. The smallest absolute Gasteiger partial charge is 0.222 e. The third-order valence-electron chi connectivity index (χ3n) is 4.62. The highest BCUT2D eigenvalue weighted by Gasteiger charge is 2.19. The lowest BCUT2D eigenvalue weighted by Gasteiger charge is -2.29. The van der Waals surface area contributed by atoms with Gasteiger partial charge in [0.25, 0.3) is 0 Å². The molecule has 7 heteroatoms. The van der Waals surface area contributed by atoms with Crippen LogP contribution in [0.3, 0.4) is 0 Å². The molecule has 1 aromatic carbocycles. The minimum atomic E-state index is -0.355. The summed E-state index contributed by atoms with van der Waals surface area (Å²) >= 11 is 0. The van der Waals surface area contributed by atoms with E-state index in [2.05, 4.69) is 20.5 Å². The van der Waals surface area contributed by atoms with Crippen molar-refractivity contribution in [2.45, 2.75) is 25.9 Å². The van der Waals surface area contributed by atoms with Crippen molar-refractivity contribution < 1.29 is 14.3 Å². The summed E-state index contributed by atoms with van der Waals surface area (Å²) in [5, 5.41) is 5.82. The van der Waals surface area contributed by atoms with Crippen LogP contribution in [0.5, 0.6) is 0 Å². The predicted molar refractivity (Wildman–Crippen MR) is 107 cm³/mol. The number of nitrogens with one attached hydrogen (secondary N) is 2. The third kappa shape index (κ3) is 5.53. The van der Waals surface area contributed by atoms with Gasteiger partial charge < -0.3 is 20.3 Å². The number of aromatic nitrogens is 1. The molecule has 2 heterocycles. The van der Waals surface area contributed by atoms with Crippen molar-refractivity contribution in [3.05, 3.63) is 59.8 Å². The fraction of sp³-hybridized carbons (Fsp3) is 0.381. The van der Waals surface area contributed by atoms with Crippen LogP contribution in [0.4, 0.5) is 5.82 Å². The molecule has 1 aliphatic heterocycles. The highest BCUT2D eigenvalue weighted by Crippen LogP contribution is 2.19. The molecule has 2 N–H and O–H groups in total. The van der Waals surface area contributed by atoms with Crippen LogP contribution in [0, 0.1) is 0 Å². The lowest BCUT2D eigenvalue weighted by atomic mass is 10.0. The summed E-state index contributed by atoms with van der Waals surface area (Å²) in [5.74, 6) is 0.593. The molecule has 7 nitrogen and oxygen atoms in total. The summed E-state index contributed by atoms with van der Waals surface area (Å²) in [6.45, 7) is 4.78. The number of hydrogen-bond acceptors (Lipinski definition) is 5. The minimum Gasteiger partial charge on any atom is -0.378 e. The van der Waals surface area contributed by atoms with E-state index >= 15 is 0 Å². The fourth-order valence-electron chi connectivity index (χ4n) is 3.26. The molecule has 1 fully saturated rings. The number of morpholine rings is 1. The number of amides is 2. The average Bonchev–Trinajstić information content (AvgIpc) is 2.73. The van der Waals surface area contributed by atoms with Crippen molar-refractivity contribution in [2.75, 3.05) is 31.2 Å². The number of rotatable bonds is 7. The molecule has 0 aliphatic carbocycles. The van der Waals surface area contributed by atoms with E-state index in [1.165, 1.54) is 6.92 Å². The van der Waals surface area contributed by atoms with Crippen molar-refractivity contribution in [1.29, 1.82) is 0 Å². The number of ether oxygens (including phenoxy) is 1. The van der Waals surface area contributed by atoms with Crippen molar-refractivity contribution in [3.63, 3.8) is 0 Å². The number of hydrogen-bond donors (Lipinski definition) is 2. The summed E-state index contributed by atoms with van der Waals surface area (Å²) in [5.41, 5.74) is 1.87. The van der Waals surface area contributed by atoms with Crippen LogP contribution in [-0.2, 0) is 20.9 Å². The largest absolute Gasteiger partial charge is 0.378 e. The first-order chi connectivity index (χ1) is 13.6. The molecule has 28 heavy (non-hydrogen) atoms. The van der Waals surface area contributed by atoms with Crippen LogP contribution in [-0.4, -0.2) is 43.1 Å². The molecular weight excluding hydrogens is 356 g/mol. The highest BCUT2D eigenvalue weighted by molar-refractivity contribution is 5.79. The van der Waals surface area contributed by atoms with Gasteiger partial charge in [-0.2, -0.15) is 0 Å². The van der Waals surface area contributed by atoms with Crippen LogP contribution in [0.15, 0.2) is 48.7 Å². The summed E-state index contributed by atoms with van der Waals surface area (Å²) in [6, 6.07) is 13.0. The molecule has 1 unspecified atom stereocenters. The van der Waals surface area contributed by atoms with E-state index < -0.39 is 0 Å². The Morgan fingerprint density at radius 1 is 1.14 bits per heavy atom. The molecule has 0 saturated carbocycles. The second-order valence-electron chi connectivity index (χ2n) is 6.73. The first-order valence-electron chi connectivity index (χ1n) is 9.49. The Hall–Kier alpha value is -2.93. The van der Waals surface area contributed by atoms with E-state index in [0.29, 0.717) is 19.8 Å². The maximum atomic E-state index is 12.6. The Bertz CT molecular complexity index is 791. The maximum absolute atomic E-state index is 12.6. The SMILES string of the molecule is CC(=O)NC(CC(=O)NCc1cccnc1N1CCOCC1)c1ccccc1. The molecule has 1 aromatic heterocycles. The van der Waals surface area contributed by atoms with Crippen LogP contribution in [0.25, 0.3) is 0 Å². The molecule has 148 valence electrons. The second-order valence-corrected chi connectivity index (χ2v) is 6.73. The number of anilines is 1. The van der Waals surface area contributed by atoms with Gasteiger partial charge in [0.2, 0.25) is 11.8 Å². The van der Waals surface area contributed by atoms with Gasteiger partial charge in [0, 0.05) is 38.3 Å². The van der Waals surface area contributed by atoms with Gasteiger partial charge in [0.1, 0.15) is 5.82 Å². The van der Waals surface area contributed by atoms with Gasteiger partial charge in [-0.1, -0.05) is 36.4 Å². The molecular formula is C21H26N4O3. The van der Waals surface area contributed by atoms with Gasteiger partial charge in [0.15, 0.2) is 0 Å². The lowest BCUT2D eigenvalue weighted by molar-refractivity contribution is -0.122. The van der Waals surface area contributed by atoms with E-state index in [1.807, 2.05) is 42.5 Å². The second kappa shape index (κ2) is 9.85. The monoisotopic (exact) mass is 382 g/mol. The number of carbonyl (C=O) groups is 2. The molecule has 0 spiro atoms. The van der Waals surface area contributed by atoms with Crippen molar-refractivity contribution in [1.82, 2.24) is 15.6 Å². The van der Waals surface area contributed by atoms with Crippen LogP contribution >= 0.6 is 0 Å². The van der Waals surface area contributed by atoms with Crippen LogP contribution in [0.1, 0.15) is 30.5 Å². The Balaban J connectivity index is 1.62. The van der Waals surface area contributed by atoms with Gasteiger partial charge in [-0.25, -0.2) is 4.98 Å². The third-order valence-corrected chi connectivity index (χ3v) is 4.62. The van der Waals surface area contributed by atoms with E-state index in [4.69, 9.17) is 4.74 Å². The normalized spacial score (nSPS) is 15.0. The molecule has 0 bridgehead atoms. The van der Waals surface area contributed by atoms with E-state index in [9.17, 15) is 9.59 Å². The zero-order valence-corrected chi connectivity index (χ0v) is 16.1. The fourth-order valence-corrected chi connectivity index (χ4v) is 3.26. The topological polar surface area (TPSA) is 83.6 Å². The predicted octanol–water partition coefficient (Wildman–Crippen LogP) is 1.80. The van der Waals surface area contributed by atoms with Gasteiger partial charge in [0.05, 0.1) is 25.7 Å². The zero-order chi connectivity index (χ0) is 19.8. The molecule has 1 atom stereocenters. The Kier molecular flexibility index (Phi) is 6.97. The Morgan fingerprint density at radius 2 is 1.89 bits per heavy atom. The molecule has 1 saturated heterocycles. The van der Waals surface area contributed by atoms with Gasteiger partial charge >= 0.3 is 0 Å². The molecule has 3 rings (SSSR count). The maximum Gasteiger partial charge on any atom is 0.222 e. The van der Waals surface area contributed by atoms with Crippen LogP contribution in [0.2, 0.25) is 0 Å². The average molecular weight is 382 g/mol. The van der Waals surface area contributed by atoms with Crippen molar-refractivity contribution >= 4 is 17.6 Å². The summed E-state index contributed by atoms with van der Waals surface area (Å²) in [6.07, 6.45) is 1.94. The number of nitrogens with zero attached hydrogens (tertiary/aromatic N) is 2. The van der Waals surface area contributed by atoms with Gasteiger partial charge in [-0.05, 0) is 11.6 Å². The summed E-state index contributed by atoms with van der Waals surface area (Å²) < 4.78 is 5.40. The molecule has 0 radical (unpaired) electrons. The van der Waals surface area contributed by atoms with Crippen LogP contribution < -0.4 is 15.5 Å². The van der Waals surface area contributed by atoms with E-state index in [0.717, 1.165) is 30.0 Å². The minimum absolute atomic E-state index is 0.126. The zero-order valence-electron chi connectivity index (χ0n) is 16.1. The van der Waals surface area contributed by atoms with Crippen molar-refractivity contribution in [2.24, 2.45) is 0 Å². The summed E-state index contributed by atoms with van der Waals surface area (Å²) in [4.78, 5) is 30.8. The number of benzene rings is 1.